The molecule has 3 fully saturated rings. The molecular formula is C15H28N2. The first-order chi connectivity index (χ1) is 8.09. The van der Waals surface area contributed by atoms with E-state index in [2.05, 4.69) is 31.0 Å². The van der Waals surface area contributed by atoms with Gasteiger partial charge in [0.1, 0.15) is 0 Å². The Labute approximate surface area is 106 Å². The minimum absolute atomic E-state index is 0.414. The Morgan fingerprint density at radius 2 is 2.06 bits per heavy atom. The highest BCUT2D eigenvalue weighted by Crippen LogP contribution is 2.43. The van der Waals surface area contributed by atoms with Gasteiger partial charge in [-0.25, -0.2) is 0 Å². The van der Waals surface area contributed by atoms with Gasteiger partial charge < -0.3 is 5.32 Å². The lowest BCUT2D eigenvalue weighted by Gasteiger charge is -2.42. The lowest BCUT2D eigenvalue weighted by molar-refractivity contribution is 0.0741. The zero-order valence-corrected chi connectivity index (χ0v) is 11.7. The molecule has 2 aliphatic heterocycles. The summed E-state index contributed by atoms with van der Waals surface area (Å²) >= 11 is 0. The van der Waals surface area contributed by atoms with Crippen molar-refractivity contribution >= 4 is 0 Å². The summed E-state index contributed by atoms with van der Waals surface area (Å²) in [6.07, 6.45) is 5.91. The summed E-state index contributed by atoms with van der Waals surface area (Å²) < 4.78 is 0. The maximum absolute atomic E-state index is 3.58. The topological polar surface area (TPSA) is 15.3 Å². The van der Waals surface area contributed by atoms with Gasteiger partial charge in [0.2, 0.25) is 0 Å². The van der Waals surface area contributed by atoms with Crippen molar-refractivity contribution in [1.82, 2.24) is 10.2 Å². The first kappa shape index (κ1) is 12.0. The van der Waals surface area contributed by atoms with E-state index in [-0.39, 0.29) is 0 Å². The molecule has 2 saturated heterocycles. The maximum atomic E-state index is 3.58. The number of hydrogen-bond acceptors (Lipinski definition) is 2. The average molecular weight is 236 g/mol. The summed E-state index contributed by atoms with van der Waals surface area (Å²) in [5, 5.41) is 3.58. The molecule has 1 aliphatic carbocycles. The summed E-state index contributed by atoms with van der Waals surface area (Å²) in [7, 11) is 0. The predicted molar refractivity (Wildman–Crippen MR) is 72.1 cm³/mol. The minimum atomic E-state index is 0.414. The third kappa shape index (κ3) is 1.94. The van der Waals surface area contributed by atoms with Gasteiger partial charge in [0, 0.05) is 24.7 Å². The lowest BCUT2D eigenvalue weighted by Crippen LogP contribution is -2.49. The quantitative estimate of drug-likeness (QED) is 0.810. The smallest absolute Gasteiger partial charge is 0.0200 e. The van der Waals surface area contributed by atoms with Crippen molar-refractivity contribution in [3.8, 4) is 0 Å². The van der Waals surface area contributed by atoms with Crippen LogP contribution in [0.1, 0.15) is 46.5 Å². The van der Waals surface area contributed by atoms with Gasteiger partial charge >= 0.3 is 0 Å². The molecule has 3 rings (SSSR count). The van der Waals surface area contributed by atoms with E-state index in [1.165, 1.54) is 45.3 Å². The molecule has 1 N–H and O–H groups in total. The molecular weight excluding hydrogens is 208 g/mol. The maximum Gasteiger partial charge on any atom is 0.0200 e. The van der Waals surface area contributed by atoms with E-state index in [0.717, 1.165) is 23.8 Å². The number of likely N-dealkylation sites (tertiary alicyclic amines) is 1. The monoisotopic (exact) mass is 236 g/mol. The van der Waals surface area contributed by atoms with E-state index in [1.54, 1.807) is 0 Å². The molecule has 3 unspecified atom stereocenters. The summed E-state index contributed by atoms with van der Waals surface area (Å²) in [4.78, 5) is 2.82. The molecule has 98 valence electrons. The van der Waals surface area contributed by atoms with Crippen LogP contribution in [0, 0.1) is 17.8 Å². The molecule has 3 atom stereocenters. The predicted octanol–water partition coefficient (Wildman–Crippen LogP) is 2.49. The fourth-order valence-corrected chi connectivity index (χ4v) is 4.54. The molecule has 0 radical (unpaired) electrons. The van der Waals surface area contributed by atoms with Crippen LogP contribution < -0.4 is 5.32 Å². The van der Waals surface area contributed by atoms with Crippen LogP contribution in [-0.2, 0) is 0 Å². The van der Waals surface area contributed by atoms with Gasteiger partial charge in [-0.3, -0.25) is 4.90 Å². The molecule has 0 aromatic carbocycles. The molecule has 1 saturated carbocycles. The molecule has 2 heterocycles. The zero-order valence-electron chi connectivity index (χ0n) is 11.7. The van der Waals surface area contributed by atoms with Gasteiger partial charge in [-0.1, -0.05) is 19.3 Å². The minimum Gasteiger partial charge on any atom is -0.316 e. The van der Waals surface area contributed by atoms with Gasteiger partial charge in [0.25, 0.3) is 0 Å². The standard InChI is InChI=1S/C15H28N2/c1-11(7-12-5-4-6-12)17-10-13-8-16-9-14(13)15(17,2)3/h11-14,16H,4-10H2,1-3H3. The van der Waals surface area contributed by atoms with E-state index in [0.29, 0.717) is 5.54 Å². The summed E-state index contributed by atoms with van der Waals surface area (Å²) in [6.45, 7) is 11.2. The van der Waals surface area contributed by atoms with E-state index in [1.807, 2.05) is 0 Å². The second-order valence-corrected chi connectivity index (χ2v) is 7.21. The molecule has 0 amide bonds. The third-order valence-electron chi connectivity index (χ3n) is 5.85. The van der Waals surface area contributed by atoms with Crippen molar-refractivity contribution in [2.45, 2.75) is 58.0 Å². The van der Waals surface area contributed by atoms with Crippen LogP contribution in [0.25, 0.3) is 0 Å². The fourth-order valence-electron chi connectivity index (χ4n) is 4.54. The largest absolute Gasteiger partial charge is 0.316 e. The summed E-state index contributed by atoms with van der Waals surface area (Å²) in [5.74, 6) is 2.83. The molecule has 3 aliphatic rings. The SMILES string of the molecule is CC(CC1CCC1)N1CC2CNCC2C1(C)C. The molecule has 0 aromatic rings. The van der Waals surface area contributed by atoms with Crippen LogP contribution in [0.5, 0.6) is 0 Å². The van der Waals surface area contributed by atoms with E-state index >= 15 is 0 Å². The number of hydrogen-bond donors (Lipinski definition) is 1. The van der Waals surface area contributed by atoms with Gasteiger partial charge in [-0.2, -0.15) is 0 Å². The Bertz CT molecular complexity index is 283. The molecule has 17 heavy (non-hydrogen) atoms. The van der Waals surface area contributed by atoms with E-state index in [4.69, 9.17) is 0 Å². The Hall–Kier alpha value is -0.0800. The van der Waals surface area contributed by atoms with Crippen LogP contribution in [0.2, 0.25) is 0 Å². The highest BCUT2D eigenvalue weighted by atomic mass is 15.3. The highest BCUT2D eigenvalue weighted by Gasteiger charge is 2.50. The van der Waals surface area contributed by atoms with E-state index < -0.39 is 0 Å². The Morgan fingerprint density at radius 1 is 1.29 bits per heavy atom. The Balaban J connectivity index is 1.66. The van der Waals surface area contributed by atoms with Crippen LogP contribution in [-0.4, -0.2) is 36.1 Å². The summed E-state index contributed by atoms with van der Waals surface area (Å²) in [6, 6.07) is 0.792. The van der Waals surface area contributed by atoms with Gasteiger partial charge in [0.15, 0.2) is 0 Å². The first-order valence-electron chi connectivity index (χ1n) is 7.56. The van der Waals surface area contributed by atoms with Gasteiger partial charge in [-0.15, -0.1) is 0 Å². The lowest BCUT2D eigenvalue weighted by atomic mass is 9.80. The average Bonchev–Trinajstić information content (AvgIpc) is 2.75. The van der Waals surface area contributed by atoms with Crippen molar-refractivity contribution < 1.29 is 0 Å². The number of fused-ring (bicyclic) bond motifs is 1. The molecule has 2 nitrogen and oxygen atoms in total. The Kier molecular flexibility index (Phi) is 2.99. The van der Waals surface area contributed by atoms with Gasteiger partial charge in [-0.05, 0) is 51.5 Å². The van der Waals surface area contributed by atoms with Crippen molar-refractivity contribution in [2.75, 3.05) is 19.6 Å². The molecule has 2 heteroatoms. The molecule has 0 bridgehead atoms. The number of nitrogens with zero attached hydrogens (tertiary/aromatic N) is 1. The summed E-state index contributed by atoms with van der Waals surface area (Å²) in [5.41, 5.74) is 0.414. The van der Waals surface area contributed by atoms with E-state index in [9.17, 15) is 0 Å². The molecule has 0 spiro atoms. The second kappa shape index (κ2) is 4.24. The van der Waals surface area contributed by atoms with Crippen molar-refractivity contribution in [1.29, 1.82) is 0 Å². The molecule has 0 aromatic heterocycles. The fraction of sp³-hybridized carbons (Fsp3) is 1.00. The van der Waals surface area contributed by atoms with Crippen LogP contribution in [0.4, 0.5) is 0 Å². The zero-order chi connectivity index (χ0) is 12.0. The van der Waals surface area contributed by atoms with Crippen LogP contribution >= 0.6 is 0 Å². The van der Waals surface area contributed by atoms with Crippen molar-refractivity contribution in [2.24, 2.45) is 17.8 Å². The Morgan fingerprint density at radius 3 is 2.65 bits per heavy atom. The normalized spacial score (nSPS) is 39.0. The van der Waals surface area contributed by atoms with Crippen LogP contribution in [0.3, 0.4) is 0 Å². The van der Waals surface area contributed by atoms with Crippen molar-refractivity contribution in [3.05, 3.63) is 0 Å². The number of rotatable bonds is 3. The third-order valence-corrected chi connectivity index (χ3v) is 5.85. The second-order valence-electron chi connectivity index (χ2n) is 7.21. The van der Waals surface area contributed by atoms with Crippen LogP contribution in [0.15, 0.2) is 0 Å². The van der Waals surface area contributed by atoms with Gasteiger partial charge in [0.05, 0.1) is 0 Å². The number of nitrogens with one attached hydrogen (secondary N) is 1. The van der Waals surface area contributed by atoms with Crippen molar-refractivity contribution in [3.63, 3.8) is 0 Å². The highest BCUT2D eigenvalue weighted by molar-refractivity contribution is 5.05. The first-order valence-corrected chi connectivity index (χ1v) is 7.56.